The lowest BCUT2D eigenvalue weighted by Gasteiger charge is -2.22. The van der Waals surface area contributed by atoms with Crippen molar-refractivity contribution >= 4 is 27.3 Å². The molecule has 0 unspecified atom stereocenters. The Morgan fingerprint density at radius 3 is 2.13 bits per heavy atom. The molecule has 0 aliphatic rings. The number of anilines is 2. The number of aryl methyl sites for hydroxylation is 2. The third-order valence-corrected chi connectivity index (χ3v) is 5.71. The van der Waals surface area contributed by atoms with E-state index >= 15 is 0 Å². The second-order valence-electron chi connectivity index (χ2n) is 7.46. The minimum atomic E-state index is -3.66. The summed E-state index contributed by atoms with van der Waals surface area (Å²) in [7, 11) is -3.66. The molecule has 3 aromatic rings. The van der Waals surface area contributed by atoms with Crippen LogP contribution in [0.4, 0.5) is 11.4 Å². The highest BCUT2D eigenvalue weighted by molar-refractivity contribution is 7.92. The van der Waals surface area contributed by atoms with Crippen molar-refractivity contribution in [3.63, 3.8) is 0 Å². The maximum atomic E-state index is 12.5. The zero-order valence-electron chi connectivity index (χ0n) is 17.8. The van der Waals surface area contributed by atoms with Gasteiger partial charge in [-0.1, -0.05) is 36.4 Å². The fraction of sp³-hybridized carbons (Fsp3) is 0.208. The summed E-state index contributed by atoms with van der Waals surface area (Å²) in [6.45, 7) is 3.96. The van der Waals surface area contributed by atoms with Crippen LogP contribution in [0, 0.1) is 13.8 Å². The van der Waals surface area contributed by atoms with Gasteiger partial charge in [0.1, 0.15) is 18.9 Å². The molecule has 0 aromatic heterocycles. The first-order chi connectivity index (χ1) is 14.7. The van der Waals surface area contributed by atoms with Gasteiger partial charge in [0.15, 0.2) is 0 Å². The first kappa shape index (κ1) is 22.4. The molecule has 162 valence electrons. The van der Waals surface area contributed by atoms with Crippen molar-refractivity contribution in [3.8, 4) is 5.75 Å². The number of carbonyl (C=O) groups is 1. The second-order valence-corrected chi connectivity index (χ2v) is 9.37. The van der Waals surface area contributed by atoms with E-state index in [2.05, 4.69) is 5.32 Å². The topological polar surface area (TPSA) is 75.7 Å². The maximum absolute atomic E-state index is 12.5. The molecule has 1 N–H and O–H groups in total. The Morgan fingerprint density at radius 2 is 1.55 bits per heavy atom. The van der Waals surface area contributed by atoms with Crippen LogP contribution in [0.15, 0.2) is 72.8 Å². The van der Waals surface area contributed by atoms with Gasteiger partial charge in [-0.05, 0) is 66.9 Å². The molecule has 0 saturated carbocycles. The van der Waals surface area contributed by atoms with Crippen molar-refractivity contribution in [1.29, 1.82) is 0 Å². The average Bonchev–Trinajstić information content (AvgIpc) is 2.70. The Balaban J connectivity index is 1.69. The average molecular weight is 439 g/mol. The van der Waals surface area contributed by atoms with Crippen molar-refractivity contribution < 1.29 is 17.9 Å². The van der Waals surface area contributed by atoms with E-state index in [1.807, 2.05) is 62.4 Å². The molecule has 0 bridgehead atoms. The molecule has 7 heteroatoms. The van der Waals surface area contributed by atoms with Crippen molar-refractivity contribution in [2.24, 2.45) is 0 Å². The smallest absolute Gasteiger partial charge is 0.245 e. The van der Waals surface area contributed by atoms with Crippen LogP contribution in [0.2, 0.25) is 0 Å². The number of hydrogen-bond acceptors (Lipinski definition) is 4. The Labute approximate surface area is 183 Å². The van der Waals surface area contributed by atoms with Crippen LogP contribution in [0.5, 0.6) is 5.75 Å². The fourth-order valence-corrected chi connectivity index (χ4v) is 4.08. The molecule has 1 amide bonds. The van der Waals surface area contributed by atoms with E-state index in [4.69, 9.17) is 4.74 Å². The summed E-state index contributed by atoms with van der Waals surface area (Å²) < 4.78 is 31.5. The number of ether oxygens (including phenoxy) is 1. The van der Waals surface area contributed by atoms with Crippen LogP contribution >= 0.6 is 0 Å². The predicted molar refractivity (Wildman–Crippen MR) is 124 cm³/mol. The molecule has 0 atom stereocenters. The van der Waals surface area contributed by atoms with Crippen molar-refractivity contribution in [2.75, 3.05) is 22.4 Å². The molecule has 0 heterocycles. The van der Waals surface area contributed by atoms with E-state index in [1.165, 1.54) is 0 Å². The van der Waals surface area contributed by atoms with Gasteiger partial charge in [0.2, 0.25) is 15.9 Å². The highest BCUT2D eigenvalue weighted by Gasteiger charge is 2.21. The lowest BCUT2D eigenvalue weighted by molar-refractivity contribution is -0.114. The van der Waals surface area contributed by atoms with Gasteiger partial charge in [-0.3, -0.25) is 9.10 Å². The highest BCUT2D eigenvalue weighted by Crippen LogP contribution is 2.23. The van der Waals surface area contributed by atoms with Crippen LogP contribution in [0.25, 0.3) is 0 Å². The molecule has 3 rings (SSSR count). The quantitative estimate of drug-likeness (QED) is 0.569. The molecular formula is C24H26N2O4S. The Hall–Kier alpha value is -3.32. The third kappa shape index (κ3) is 6.58. The molecule has 0 fully saturated rings. The first-order valence-electron chi connectivity index (χ1n) is 9.83. The minimum absolute atomic E-state index is 0.323. The van der Waals surface area contributed by atoms with E-state index in [1.54, 1.807) is 24.3 Å². The molecule has 31 heavy (non-hydrogen) atoms. The third-order valence-electron chi connectivity index (χ3n) is 4.57. The van der Waals surface area contributed by atoms with Gasteiger partial charge >= 0.3 is 0 Å². The van der Waals surface area contributed by atoms with Gasteiger partial charge in [-0.15, -0.1) is 0 Å². The maximum Gasteiger partial charge on any atom is 0.245 e. The molecule has 6 nitrogen and oxygen atoms in total. The number of nitrogens with zero attached hydrogens (tertiary/aromatic N) is 1. The van der Waals surface area contributed by atoms with Crippen LogP contribution < -0.4 is 14.4 Å². The SMILES string of the molecule is Cc1cc(C)cc(NC(=O)CN(c2ccc(OCc3ccccc3)cc2)S(C)(=O)=O)c1. The van der Waals surface area contributed by atoms with Gasteiger partial charge in [-0.25, -0.2) is 8.42 Å². The largest absolute Gasteiger partial charge is 0.489 e. The summed E-state index contributed by atoms with van der Waals surface area (Å²) in [4.78, 5) is 12.5. The van der Waals surface area contributed by atoms with Crippen molar-refractivity contribution in [2.45, 2.75) is 20.5 Å². The van der Waals surface area contributed by atoms with Crippen molar-refractivity contribution in [3.05, 3.63) is 89.5 Å². The summed E-state index contributed by atoms with van der Waals surface area (Å²) in [6.07, 6.45) is 1.08. The number of nitrogens with one attached hydrogen (secondary N) is 1. The van der Waals surface area contributed by atoms with E-state index in [9.17, 15) is 13.2 Å². The Bertz CT molecular complexity index is 1120. The number of benzene rings is 3. The Kier molecular flexibility index (Phi) is 6.97. The standard InChI is InChI=1S/C24H26N2O4S/c1-18-13-19(2)15-21(14-18)25-24(27)16-26(31(3,28)29)22-9-11-23(12-10-22)30-17-20-7-5-4-6-8-20/h4-15H,16-17H2,1-3H3,(H,25,27). The highest BCUT2D eigenvalue weighted by atomic mass is 32.2. The van der Waals surface area contributed by atoms with Crippen LogP contribution in [-0.4, -0.2) is 27.1 Å². The van der Waals surface area contributed by atoms with Gasteiger partial charge in [-0.2, -0.15) is 0 Å². The number of rotatable bonds is 8. The normalized spacial score (nSPS) is 11.1. The van der Waals surface area contributed by atoms with Crippen molar-refractivity contribution in [1.82, 2.24) is 0 Å². The second kappa shape index (κ2) is 9.66. The zero-order valence-corrected chi connectivity index (χ0v) is 18.6. The fourth-order valence-electron chi connectivity index (χ4n) is 3.23. The number of sulfonamides is 1. The van der Waals surface area contributed by atoms with Gasteiger partial charge < -0.3 is 10.1 Å². The van der Waals surface area contributed by atoms with E-state index in [0.717, 1.165) is 27.3 Å². The molecule has 0 radical (unpaired) electrons. The van der Waals surface area contributed by atoms with Crippen LogP contribution in [0.3, 0.4) is 0 Å². The molecule has 0 aliphatic carbocycles. The summed E-state index contributed by atoms with van der Waals surface area (Å²) in [5.41, 5.74) is 4.10. The number of carbonyl (C=O) groups excluding carboxylic acids is 1. The molecule has 3 aromatic carbocycles. The summed E-state index contributed by atoms with van der Waals surface area (Å²) >= 11 is 0. The van der Waals surface area contributed by atoms with Gasteiger partial charge in [0.05, 0.1) is 11.9 Å². The molecule has 0 saturated heterocycles. The Morgan fingerprint density at radius 1 is 0.935 bits per heavy atom. The molecular weight excluding hydrogens is 412 g/mol. The van der Waals surface area contributed by atoms with Crippen LogP contribution in [-0.2, 0) is 21.4 Å². The van der Waals surface area contributed by atoms with E-state index in [-0.39, 0.29) is 6.54 Å². The minimum Gasteiger partial charge on any atom is -0.489 e. The zero-order chi connectivity index (χ0) is 22.4. The summed E-state index contributed by atoms with van der Waals surface area (Å²) in [6, 6.07) is 22.1. The first-order valence-corrected chi connectivity index (χ1v) is 11.7. The van der Waals surface area contributed by atoms with Gasteiger partial charge in [0.25, 0.3) is 0 Å². The predicted octanol–water partition coefficient (Wildman–Crippen LogP) is 4.29. The molecule has 0 spiro atoms. The van der Waals surface area contributed by atoms with Gasteiger partial charge in [0, 0.05) is 5.69 Å². The molecule has 0 aliphatic heterocycles. The number of hydrogen-bond donors (Lipinski definition) is 1. The lowest BCUT2D eigenvalue weighted by atomic mass is 10.1. The number of amides is 1. The monoisotopic (exact) mass is 438 g/mol. The van der Waals surface area contributed by atoms with Crippen LogP contribution in [0.1, 0.15) is 16.7 Å². The van der Waals surface area contributed by atoms with E-state index < -0.39 is 15.9 Å². The van der Waals surface area contributed by atoms with E-state index in [0.29, 0.717) is 23.7 Å². The summed E-state index contributed by atoms with van der Waals surface area (Å²) in [5.74, 6) is 0.195. The summed E-state index contributed by atoms with van der Waals surface area (Å²) in [5, 5.41) is 2.78. The lowest BCUT2D eigenvalue weighted by Crippen LogP contribution is -2.37.